The molecular weight excluding hydrogens is 272 g/mol. The highest BCUT2D eigenvalue weighted by molar-refractivity contribution is 5.90. The van der Waals surface area contributed by atoms with Gasteiger partial charge in [-0.15, -0.1) is 12.4 Å². The first kappa shape index (κ1) is 17.0. The summed E-state index contributed by atoms with van der Waals surface area (Å²) in [7, 11) is 0. The molecule has 0 spiro atoms. The molecule has 1 unspecified atom stereocenters. The number of nitrogens with one attached hydrogen (secondary N) is 2. The maximum atomic E-state index is 11.9. The van der Waals surface area contributed by atoms with E-state index in [0.29, 0.717) is 18.3 Å². The Balaban J connectivity index is 0.00000200. The average Bonchev–Trinajstić information content (AvgIpc) is 2.90. The van der Waals surface area contributed by atoms with Gasteiger partial charge in [-0.3, -0.25) is 4.79 Å². The average molecular weight is 297 g/mol. The lowest BCUT2D eigenvalue weighted by Crippen LogP contribution is -2.15. The largest absolute Gasteiger partial charge is 0.326 e. The van der Waals surface area contributed by atoms with Gasteiger partial charge in [-0.1, -0.05) is 26.0 Å². The highest BCUT2D eigenvalue weighted by Gasteiger charge is 2.15. The zero-order chi connectivity index (χ0) is 13.7. The topological polar surface area (TPSA) is 41.1 Å². The first-order valence-electron chi connectivity index (χ1n) is 7.25. The number of amides is 1. The summed E-state index contributed by atoms with van der Waals surface area (Å²) in [6.45, 7) is 6.51. The number of benzene rings is 1. The summed E-state index contributed by atoms with van der Waals surface area (Å²) in [5.41, 5.74) is 2.20. The van der Waals surface area contributed by atoms with Gasteiger partial charge in [0.1, 0.15) is 0 Å². The van der Waals surface area contributed by atoms with Gasteiger partial charge < -0.3 is 10.6 Å². The second-order valence-electron chi connectivity index (χ2n) is 5.72. The van der Waals surface area contributed by atoms with Crippen molar-refractivity contribution in [3.63, 3.8) is 0 Å². The molecule has 1 saturated heterocycles. The summed E-state index contributed by atoms with van der Waals surface area (Å²) in [5.74, 6) is 1.33. The molecule has 1 heterocycles. The Morgan fingerprint density at radius 2 is 2.05 bits per heavy atom. The van der Waals surface area contributed by atoms with Gasteiger partial charge in [-0.2, -0.15) is 0 Å². The third-order valence-corrected chi connectivity index (χ3v) is 3.80. The van der Waals surface area contributed by atoms with Crippen LogP contribution in [0.1, 0.15) is 44.6 Å². The molecule has 2 rings (SSSR count). The number of rotatable bonds is 5. The second kappa shape index (κ2) is 8.28. The van der Waals surface area contributed by atoms with Crippen LogP contribution in [0.2, 0.25) is 0 Å². The molecule has 4 heteroatoms. The summed E-state index contributed by atoms with van der Waals surface area (Å²) in [4.78, 5) is 11.9. The van der Waals surface area contributed by atoms with Crippen molar-refractivity contribution in [1.82, 2.24) is 5.32 Å². The van der Waals surface area contributed by atoms with Crippen molar-refractivity contribution in [3.05, 3.63) is 29.8 Å². The number of anilines is 1. The first-order valence-corrected chi connectivity index (χ1v) is 7.25. The van der Waals surface area contributed by atoms with Crippen molar-refractivity contribution < 1.29 is 4.79 Å². The molecule has 0 aliphatic carbocycles. The second-order valence-corrected chi connectivity index (χ2v) is 5.72. The van der Waals surface area contributed by atoms with Crippen molar-refractivity contribution in [3.8, 4) is 0 Å². The van der Waals surface area contributed by atoms with Gasteiger partial charge in [0.05, 0.1) is 0 Å². The van der Waals surface area contributed by atoms with Crippen LogP contribution < -0.4 is 10.6 Å². The predicted molar refractivity (Wildman–Crippen MR) is 86.6 cm³/mol. The van der Waals surface area contributed by atoms with Crippen molar-refractivity contribution in [1.29, 1.82) is 0 Å². The van der Waals surface area contributed by atoms with E-state index in [9.17, 15) is 4.79 Å². The van der Waals surface area contributed by atoms with Crippen LogP contribution in [0.5, 0.6) is 0 Å². The lowest BCUT2D eigenvalue weighted by molar-refractivity contribution is -0.116. The molecule has 1 aliphatic rings. The van der Waals surface area contributed by atoms with E-state index in [2.05, 4.69) is 36.6 Å². The molecule has 0 bridgehead atoms. The summed E-state index contributed by atoms with van der Waals surface area (Å²) in [6.07, 6.45) is 2.82. The van der Waals surface area contributed by atoms with Gasteiger partial charge in [0.2, 0.25) is 5.91 Å². The minimum absolute atomic E-state index is 0. The first-order chi connectivity index (χ1) is 9.15. The minimum atomic E-state index is 0. The molecule has 1 atom stereocenters. The van der Waals surface area contributed by atoms with Crippen LogP contribution in [0.4, 0.5) is 5.69 Å². The van der Waals surface area contributed by atoms with E-state index in [1.165, 1.54) is 12.0 Å². The fraction of sp³-hybridized carbons (Fsp3) is 0.562. The Morgan fingerprint density at radius 3 is 2.60 bits per heavy atom. The van der Waals surface area contributed by atoms with E-state index in [0.717, 1.165) is 25.2 Å². The molecule has 0 saturated carbocycles. The van der Waals surface area contributed by atoms with E-state index >= 15 is 0 Å². The molecule has 1 fully saturated rings. The zero-order valence-corrected chi connectivity index (χ0v) is 13.1. The van der Waals surface area contributed by atoms with E-state index < -0.39 is 0 Å². The van der Waals surface area contributed by atoms with Crippen LogP contribution in [0.3, 0.4) is 0 Å². The van der Waals surface area contributed by atoms with Crippen molar-refractivity contribution in [2.24, 2.45) is 5.92 Å². The highest BCUT2D eigenvalue weighted by Crippen LogP contribution is 2.18. The van der Waals surface area contributed by atoms with Gasteiger partial charge in [-0.25, -0.2) is 0 Å². The normalized spacial score (nSPS) is 17.9. The SMILES string of the molecule is CC(C)c1ccc(NC(=O)CCC2CCNC2)cc1.Cl. The lowest BCUT2D eigenvalue weighted by atomic mass is 10.0. The quantitative estimate of drug-likeness (QED) is 0.872. The Bertz CT molecular complexity index is 411. The van der Waals surface area contributed by atoms with Crippen molar-refractivity contribution >= 4 is 24.0 Å². The molecule has 2 N–H and O–H groups in total. The maximum absolute atomic E-state index is 11.9. The Hall–Kier alpha value is -1.06. The van der Waals surface area contributed by atoms with E-state index in [-0.39, 0.29) is 18.3 Å². The third kappa shape index (κ3) is 5.14. The molecule has 112 valence electrons. The van der Waals surface area contributed by atoms with Gasteiger partial charge in [-0.05, 0) is 55.5 Å². The molecule has 1 aromatic rings. The number of carbonyl (C=O) groups is 1. The van der Waals surface area contributed by atoms with Gasteiger partial charge in [0.15, 0.2) is 0 Å². The smallest absolute Gasteiger partial charge is 0.224 e. The molecule has 1 amide bonds. The molecule has 3 nitrogen and oxygen atoms in total. The molecule has 20 heavy (non-hydrogen) atoms. The Kier molecular flexibility index (Phi) is 7.03. The maximum Gasteiger partial charge on any atom is 0.224 e. The standard InChI is InChI=1S/C16H24N2O.ClH/c1-12(2)14-4-6-15(7-5-14)18-16(19)8-3-13-9-10-17-11-13;/h4-7,12-13,17H,3,8-11H2,1-2H3,(H,18,19);1H. The fourth-order valence-corrected chi connectivity index (χ4v) is 2.47. The number of halogens is 1. The van der Waals surface area contributed by atoms with Crippen LogP contribution in [0.15, 0.2) is 24.3 Å². The van der Waals surface area contributed by atoms with Crippen molar-refractivity contribution in [2.75, 3.05) is 18.4 Å². The third-order valence-electron chi connectivity index (χ3n) is 3.80. The molecule has 1 aromatic carbocycles. The lowest BCUT2D eigenvalue weighted by Gasteiger charge is -2.10. The fourth-order valence-electron chi connectivity index (χ4n) is 2.47. The van der Waals surface area contributed by atoms with E-state index in [1.54, 1.807) is 0 Å². The van der Waals surface area contributed by atoms with Crippen molar-refractivity contribution in [2.45, 2.75) is 39.0 Å². The minimum Gasteiger partial charge on any atom is -0.326 e. The highest BCUT2D eigenvalue weighted by atomic mass is 35.5. The van der Waals surface area contributed by atoms with E-state index in [1.807, 2.05) is 12.1 Å². The zero-order valence-electron chi connectivity index (χ0n) is 12.3. The summed E-state index contributed by atoms with van der Waals surface area (Å²) < 4.78 is 0. The molecular formula is C16H25ClN2O. The molecule has 0 aromatic heterocycles. The summed E-state index contributed by atoms with van der Waals surface area (Å²) in [5, 5.41) is 6.30. The summed E-state index contributed by atoms with van der Waals surface area (Å²) >= 11 is 0. The predicted octanol–water partition coefficient (Wildman–Crippen LogP) is 3.56. The van der Waals surface area contributed by atoms with Crippen LogP contribution >= 0.6 is 12.4 Å². The Labute approximate surface area is 127 Å². The summed E-state index contributed by atoms with van der Waals surface area (Å²) in [6, 6.07) is 8.15. The van der Waals surface area contributed by atoms with Crippen LogP contribution in [-0.4, -0.2) is 19.0 Å². The monoisotopic (exact) mass is 296 g/mol. The van der Waals surface area contributed by atoms with Gasteiger partial charge >= 0.3 is 0 Å². The van der Waals surface area contributed by atoms with Gasteiger partial charge in [0, 0.05) is 12.1 Å². The van der Waals surface area contributed by atoms with E-state index in [4.69, 9.17) is 0 Å². The van der Waals surface area contributed by atoms with Gasteiger partial charge in [0.25, 0.3) is 0 Å². The van der Waals surface area contributed by atoms with Crippen LogP contribution in [-0.2, 0) is 4.79 Å². The number of hydrogen-bond donors (Lipinski definition) is 2. The molecule has 1 aliphatic heterocycles. The molecule has 0 radical (unpaired) electrons. The number of carbonyl (C=O) groups excluding carboxylic acids is 1. The van der Waals surface area contributed by atoms with Crippen LogP contribution in [0.25, 0.3) is 0 Å². The van der Waals surface area contributed by atoms with Crippen LogP contribution in [0, 0.1) is 5.92 Å². The Morgan fingerprint density at radius 1 is 1.35 bits per heavy atom. The number of hydrogen-bond acceptors (Lipinski definition) is 2.